The van der Waals surface area contributed by atoms with Gasteiger partial charge in [-0.2, -0.15) is 0 Å². The third-order valence-corrected chi connectivity index (χ3v) is 1.54. The van der Waals surface area contributed by atoms with E-state index in [1.54, 1.807) is 12.1 Å². The van der Waals surface area contributed by atoms with E-state index in [1.165, 1.54) is 0 Å². The van der Waals surface area contributed by atoms with Gasteiger partial charge >= 0.3 is 0 Å². The number of benzene rings is 1. The average Bonchev–Trinajstić information content (AvgIpc) is 1.88. The maximum Gasteiger partial charge on any atom is 0.115 e. The van der Waals surface area contributed by atoms with Crippen molar-refractivity contribution in [2.75, 3.05) is 0 Å². The van der Waals surface area contributed by atoms with Crippen LogP contribution < -0.4 is 0 Å². The van der Waals surface area contributed by atoms with E-state index in [2.05, 4.69) is 15.9 Å². The van der Waals surface area contributed by atoms with Gasteiger partial charge in [-0.25, -0.2) is 4.39 Å². The SMILES string of the molecule is F.F.F.FCc1cccc(Br)c1. The predicted molar refractivity (Wildman–Crippen MR) is 46.5 cm³/mol. The molecule has 0 atom stereocenters. The third kappa shape index (κ3) is 5.12. The Morgan fingerprint density at radius 3 is 2.08 bits per heavy atom. The van der Waals surface area contributed by atoms with Gasteiger partial charge in [0.1, 0.15) is 6.67 Å². The molecule has 0 saturated heterocycles. The van der Waals surface area contributed by atoms with Crippen LogP contribution in [0.4, 0.5) is 18.5 Å². The van der Waals surface area contributed by atoms with Crippen LogP contribution in [0, 0.1) is 0 Å². The van der Waals surface area contributed by atoms with Crippen LogP contribution in [0.1, 0.15) is 5.56 Å². The maximum atomic E-state index is 11.9. The fourth-order valence-corrected chi connectivity index (χ4v) is 1.07. The van der Waals surface area contributed by atoms with Gasteiger partial charge in [-0.15, -0.1) is 0 Å². The van der Waals surface area contributed by atoms with Crippen LogP contribution in [-0.2, 0) is 6.67 Å². The lowest BCUT2D eigenvalue weighted by Gasteiger charge is -1.92. The molecule has 0 radical (unpaired) electrons. The fourth-order valence-electron chi connectivity index (χ4n) is 0.620. The van der Waals surface area contributed by atoms with Gasteiger partial charge in [0.2, 0.25) is 0 Å². The largest absolute Gasteiger partial charge is 0.269 e. The molecule has 0 aromatic heterocycles. The Morgan fingerprint density at radius 1 is 1.17 bits per heavy atom. The molecular formula is C7H9BrF4. The fraction of sp³-hybridized carbons (Fsp3) is 0.143. The van der Waals surface area contributed by atoms with Crippen LogP contribution in [-0.4, -0.2) is 0 Å². The summed E-state index contributed by atoms with van der Waals surface area (Å²) in [5.41, 5.74) is 0.712. The van der Waals surface area contributed by atoms with E-state index in [0.717, 1.165) is 4.47 Å². The molecular weight excluding hydrogens is 240 g/mol. The summed E-state index contributed by atoms with van der Waals surface area (Å²) in [6.07, 6.45) is 0. The van der Waals surface area contributed by atoms with E-state index in [9.17, 15) is 4.39 Å². The van der Waals surface area contributed by atoms with E-state index < -0.39 is 0 Å². The van der Waals surface area contributed by atoms with Crippen molar-refractivity contribution in [2.24, 2.45) is 0 Å². The van der Waals surface area contributed by atoms with Gasteiger partial charge in [0.15, 0.2) is 0 Å². The summed E-state index contributed by atoms with van der Waals surface area (Å²) in [4.78, 5) is 0. The molecule has 1 rings (SSSR count). The first-order valence-corrected chi connectivity index (χ1v) is 3.42. The third-order valence-electron chi connectivity index (χ3n) is 1.04. The average molecular weight is 249 g/mol. The predicted octanol–water partition coefficient (Wildman–Crippen LogP) is 3.38. The van der Waals surface area contributed by atoms with Crippen LogP contribution >= 0.6 is 15.9 Å². The van der Waals surface area contributed by atoms with Gasteiger partial charge in [0.25, 0.3) is 0 Å². The summed E-state index contributed by atoms with van der Waals surface area (Å²) < 4.78 is 12.8. The molecule has 0 amide bonds. The van der Waals surface area contributed by atoms with E-state index in [1.807, 2.05) is 12.1 Å². The molecule has 5 heteroatoms. The highest BCUT2D eigenvalue weighted by Gasteiger charge is 1.89. The Labute approximate surface area is 76.0 Å². The maximum absolute atomic E-state index is 11.9. The topological polar surface area (TPSA) is 0 Å². The Kier molecular flexibility index (Phi) is 12.4. The minimum absolute atomic E-state index is 0. The Hall–Kier alpha value is -0.580. The van der Waals surface area contributed by atoms with Crippen molar-refractivity contribution >= 4 is 15.9 Å². The lowest BCUT2D eigenvalue weighted by atomic mass is 10.2. The quantitative estimate of drug-likeness (QED) is 0.669. The van der Waals surface area contributed by atoms with Gasteiger partial charge in [-0.3, -0.25) is 14.1 Å². The molecule has 12 heavy (non-hydrogen) atoms. The Balaban J connectivity index is -0.000000270. The van der Waals surface area contributed by atoms with Crippen molar-refractivity contribution in [2.45, 2.75) is 6.67 Å². The van der Waals surface area contributed by atoms with Crippen LogP contribution in [0.3, 0.4) is 0 Å². The highest BCUT2D eigenvalue weighted by Crippen LogP contribution is 2.11. The van der Waals surface area contributed by atoms with Crippen molar-refractivity contribution in [3.05, 3.63) is 34.3 Å². The molecule has 0 nitrogen and oxygen atoms in total. The highest BCUT2D eigenvalue weighted by atomic mass is 79.9. The normalized spacial score (nSPS) is 7.17. The molecule has 0 fully saturated rings. The van der Waals surface area contributed by atoms with Crippen molar-refractivity contribution < 1.29 is 18.5 Å². The summed E-state index contributed by atoms with van der Waals surface area (Å²) in [5, 5.41) is 0. The Bertz CT molecular complexity index is 204. The van der Waals surface area contributed by atoms with Gasteiger partial charge in [0, 0.05) is 4.47 Å². The van der Waals surface area contributed by atoms with E-state index in [-0.39, 0.29) is 20.8 Å². The number of hydrogen-bond acceptors (Lipinski definition) is 0. The van der Waals surface area contributed by atoms with E-state index in [4.69, 9.17) is 0 Å². The molecule has 0 spiro atoms. The summed E-state index contributed by atoms with van der Waals surface area (Å²) in [6.45, 7) is -0.389. The molecule has 0 aliphatic rings. The van der Waals surface area contributed by atoms with Crippen molar-refractivity contribution in [1.29, 1.82) is 0 Å². The molecule has 0 heterocycles. The summed E-state index contributed by atoms with van der Waals surface area (Å²) in [5.74, 6) is 0. The molecule has 0 N–H and O–H groups in total. The first-order valence-electron chi connectivity index (χ1n) is 2.63. The number of hydrogen-bond donors (Lipinski definition) is 0. The second-order valence-corrected chi connectivity index (χ2v) is 2.68. The lowest BCUT2D eigenvalue weighted by Crippen LogP contribution is -1.75. The molecule has 0 unspecified atom stereocenters. The van der Waals surface area contributed by atoms with Crippen molar-refractivity contribution in [3.8, 4) is 0 Å². The van der Waals surface area contributed by atoms with E-state index >= 15 is 0 Å². The van der Waals surface area contributed by atoms with E-state index in [0.29, 0.717) is 5.56 Å². The standard InChI is InChI=1S/C7H6BrF.3FH/c8-7-3-1-2-6(4-7)5-9;;;/h1-4H,5H2;3*1H. The monoisotopic (exact) mass is 248 g/mol. The zero-order valence-corrected chi connectivity index (χ0v) is 7.58. The van der Waals surface area contributed by atoms with Crippen molar-refractivity contribution in [3.63, 3.8) is 0 Å². The molecule has 1 aromatic carbocycles. The highest BCUT2D eigenvalue weighted by molar-refractivity contribution is 9.10. The zero-order valence-electron chi connectivity index (χ0n) is 6.00. The van der Waals surface area contributed by atoms with Crippen LogP contribution in [0.5, 0.6) is 0 Å². The number of halogens is 5. The minimum atomic E-state index is -0.389. The molecule has 1 aromatic rings. The molecule has 72 valence electrons. The minimum Gasteiger partial charge on any atom is -0.269 e. The van der Waals surface area contributed by atoms with Gasteiger partial charge in [0.05, 0.1) is 0 Å². The van der Waals surface area contributed by atoms with Gasteiger partial charge in [-0.05, 0) is 17.7 Å². The first kappa shape index (κ1) is 17.5. The lowest BCUT2D eigenvalue weighted by molar-refractivity contribution is 0.485. The van der Waals surface area contributed by atoms with Crippen LogP contribution in [0.15, 0.2) is 28.7 Å². The van der Waals surface area contributed by atoms with Crippen LogP contribution in [0.25, 0.3) is 0 Å². The van der Waals surface area contributed by atoms with Crippen LogP contribution in [0.2, 0.25) is 0 Å². The van der Waals surface area contributed by atoms with Gasteiger partial charge < -0.3 is 0 Å². The number of rotatable bonds is 1. The summed E-state index contributed by atoms with van der Waals surface area (Å²) in [7, 11) is 0. The van der Waals surface area contributed by atoms with Crippen molar-refractivity contribution in [1.82, 2.24) is 0 Å². The first-order chi connectivity index (χ1) is 4.33. The molecule has 0 aliphatic heterocycles. The second-order valence-electron chi connectivity index (χ2n) is 1.76. The Morgan fingerprint density at radius 2 is 1.75 bits per heavy atom. The molecule has 0 saturated carbocycles. The second kappa shape index (κ2) is 8.52. The molecule has 0 aliphatic carbocycles. The number of alkyl halides is 1. The smallest absolute Gasteiger partial charge is 0.115 e. The molecule has 0 bridgehead atoms. The summed E-state index contributed by atoms with van der Waals surface area (Å²) in [6, 6.07) is 7.21. The van der Waals surface area contributed by atoms with Gasteiger partial charge in [-0.1, -0.05) is 28.1 Å². The zero-order chi connectivity index (χ0) is 6.69. The summed E-state index contributed by atoms with van der Waals surface area (Å²) >= 11 is 3.24.